The molecule has 0 spiro atoms. The Morgan fingerprint density at radius 1 is 1.12 bits per heavy atom. The molecule has 34 heavy (non-hydrogen) atoms. The molecule has 12 heteroatoms. The Bertz CT molecular complexity index is 1060. The number of hydrogen-bond donors (Lipinski definition) is 3. The Morgan fingerprint density at radius 2 is 1.76 bits per heavy atom. The summed E-state index contributed by atoms with van der Waals surface area (Å²) in [4.78, 5) is 1.94. The van der Waals surface area contributed by atoms with Crippen LogP contribution in [0, 0.1) is 0 Å². The average Bonchev–Trinajstić information content (AvgIpc) is 3.33. The van der Waals surface area contributed by atoms with Gasteiger partial charge in [-0.2, -0.15) is 17.5 Å². The topological polar surface area (TPSA) is 93.1 Å². The Morgan fingerprint density at radius 3 is 2.29 bits per heavy atom. The molecule has 190 valence electrons. The standard InChI is InChI=1S/C22H30F3N3O4S2/c1-20(2,15-29)26-13-18-14-27(34(31,32)19-5-4-12-33-19)10-11-28(18)17-8-6-16(7-9-17)21(3,30)22(23,24)25/h4-9,12,18,26,29-30H,10-11,13-15H2,1-3H3/t18-,21+/m1/s1. The van der Waals surface area contributed by atoms with Crippen LogP contribution in [0.2, 0.25) is 0 Å². The van der Waals surface area contributed by atoms with Crippen LogP contribution in [0.25, 0.3) is 0 Å². The fourth-order valence-corrected chi connectivity index (χ4v) is 6.30. The molecule has 1 aliphatic rings. The summed E-state index contributed by atoms with van der Waals surface area (Å²) < 4.78 is 67.4. The first kappa shape index (κ1) is 26.9. The van der Waals surface area contributed by atoms with E-state index in [0.717, 1.165) is 11.3 Å². The number of alkyl halides is 3. The van der Waals surface area contributed by atoms with E-state index < -0.39 is 27.3 Å². The van der Waals surface area contributed by atoms with Crippen LogP contribution in [0.15, 0.2) is 46.0 Å². The van der Waals surface area contributed by atoms with Crippen LogP contribution in [0.3, 0.4) is 0 Å². The highest BCUT2D eigenvalue weighted by atomic mass is 32.2. The van der Waals surface area contributed by atoms with E-state index in [2.05, 4.69) is 5.32 Å². The lowest BCUT2D eigenvalue weighted by molar-refractivity contribution is -0.258. The molecule has 0 radical (unpaired) electrons. The van der Waals surface area contributed by atoms with Crippen LogP contribution < -0.4 is 10.2 Å². The zero-order valence-corrected chi connectivity index (χ0v) is 20.8. The summed E-state index contributed by atoms with van der Waals surface area (Å²) in [5, 5.41) is 24.5. The van der Waals surface area contributed by atoms with Gasteiger partial charge in [0.15, 0.2) is 5.60 Å². The van der Waals surface area contributed by atoms with E-state index in [4.69, 9.17) is 0 Å². The first-order chi connectivity index (χ1) is 15.7. The summed E-state index contributed by atoms with van der Waals surface area (Å²) in [7, 11) is -3.67. The van der Waals surface area contributed by atoms with E-state index in [1.165, 1.54) is 28.6 Å². The molecule has 2 heterocycles. The molecule has 1 fully saturated rings. The molecule has 1 aromatic heterocycles. The summed E-state index contributed by atoms with van der Waals surface area (Å²) in [6.45, 7) is 5.25. The minimum atomic E-state index is -4.82. The summed E-state index contributed by atoms with van der Waals surface area (Å²) in [5.41, 5.74) is -3.25. The maximum Gasteiger partial charge on any atom is 0.421 e. The SMILES string of the molecule is CC(C)(CO)NC[C@@H]1CN(S(=O)(=O)c2cccs2)CCN1c1ccc([C@](C)(O)C(F)(F)F)cc1. The smallest absolute Gasteiger partial charge is 0.394 e. The summed E-state index contributed by atoms with van der Waals surface area (Å²) in [6.07, 6.45) is -4.82. The van der Waals surface area contributed by atoms with Crippen LogP contribution >= 0.6 is 11.3 Å². The Hall–Kier alpha value is -1.70. The van der Waals surface area contributed by atoms with Gasteiger partial charge in [0.05, 0.1) is 12.6 Å². The number of aliphatic hydroxyl groups is 2. The van der Waals surface area contributed by atoms with Gasteiger partial charge in [0, 0.05) is 37.4 Å². The van der Waals surface area contributed by atoms with Crippen molar-refractivity contribution in [3.8, 4) is 0 Å². The van der Waals surface area contributed by atoms with Gasteiger partial charge < -0.3 is 20.4 Å². The molecule has 7 nitrogen and oxygen atoms in total. The quantitative estimate of drug-likeness (QED) is 0.495. The number of benzene rings is 1. The first-order valence-corrected chi connectivity index (χ1v) is 13.1. The number of piperazine rings is 1. The number of nitrogens with one attached hydrogen (secondary N) is 1. The molecule has 0 aliphatic carbocycles. The Kier molecular flexibility index (Phi) is 7.71. The third kappa shape index (κ3) is 5.58. The molecule has 3 rings (SSSR count). The fourth-order valence-electron chi connectivity index (χ4n) is 3.69. The minimum Gasteiger partial charge on any atom is -0.394 e. The monoisotopic (exact) mass is 521 g/mol. The minimum absolute atomic E-state index is 0.127. The van der Waals surface area contributed by atoms with E-state index in [-0.39, 0.29) is 35.5 Å². The van der Waals surface area contributed by atoms with Crippen molar-refractivity contribution in [3.05, 3.63) is 47.3 Å². The summed E-state index contributed by atoms with van der Waals surface area (Å²) >= 11 is 1.14. The van der Waals surface area contributed by atoms with Gasteiger partial charge in [0.2, 0.25) is 0 Å². The van der Waals surface area contributed by atoms with Crippen molar-refractivity contribution < 1.29 is 31.8 Å². The third-order valence-electron chi connectivity index (χ3n) is 6.06. The Labute approximate surface area is 201 Å². The van der Waals surface area contributed by atoms with Crippen molar-refractivity contribution >= 4 is 27.0 Å². The lowest BCUT2D eigenvalue weighted by Gasteiger charge is -2.43. The molecule has 0 bridgehead atoms. The van der Waals surface area contributed by atoms with E-state index in [1.807, 2.05) is 18.7 Å². The second-order valence-electron chi connectivity index (χ2n) is 9.18. The second-order valence-corrected chi connectivity index (χ2v) is 12.3. The lowest BCUT2D eigenvalue weighted by Crippen LogP contribution is -2.60. The largest absolute Gasteiger partial charge is 0.421 e. The van der Waals surface area contributed by atoms with Crippen LogP contribution in [0.5, 0.6) is 0 Å². The maximum atomic E-state index is 13.2. The fraction of sp³-hybridized carbons (Fsp3) is 0.545. The number of halogens is 3. The number of thiophene rings is 1. The predicted octanol–water partition coefficient (Wildman–Crippen LogP) is 2.76. The number of rotatable bonds is 8. The van der Waals surface area contributed by atoms with Crippen LogP contribution in [-0.4, -0.2) is 73.5 Å². The van der Waals surface area contributed by atoms with Gasteiger partial charge in [-0.1, -0.05) is 18.2 Å². The van der Waals surface area contributed by atoms with Crippen molar-refractivity contribution in [2.75, 3.05) is 37.7 Å². The van der Waals surface area contributed by atoms with Gasteiger partial charge in [-0.05, 0) is 49.9 Å². The molecule has 0 unspecified atom stereocenters. The van der Waals surface area contributed by atoms with Crippen molar-refractivity contribution in [2.24, 2.45) is 0 Å². The molecule has 3 N–H and O–H groups in total. The van der Waals surface area contributed by atoms with E-state index in [9.17, 15) is 31.8 Å². The van der Waals surface area contributed by atoms with Gasteiger partial charge in [0.1, 0.15) is 4.21 Å². The van der Waals surface area contributed by atoms with Crippen molar-refractivity contribution in [2.45, 2.75) is 48.3 Å². The van der Waals surface area contributed by atoms with Crippen molar-refractivity contribution in [3.63, 3.8) is 0 Å². The zero-order valence-electron chi connectivity index (χ0n) is 19.2. The summed E-state index contributed by atoms with van der Waals surface area (Å²) in [6, 6.07) is 8.36. The highest BCUT2D eigenvalue weighted by Crippen LogP contribution is 2.39. The maximum absolute atomic E-state index is 13.2. The van der Waals surface area contributed by atoms with Crippen LogP contribution in [0.4, 0.5) is 18.9 Å². The molecule has 0 saturated carbocycles. The molecule has 0 amide bonds. The lowest BCUT2D eigenvalue weighted by atomic mass is 9.95. The number of sulfonamides is 1. The molecular weight excluding hydrogens is 491 g/mol. The summed E-state index contributed by atoms with van der Waals surface area (Å²) in [5.74, 6) is 0. The molecule has 2 aromatic rings. The van der Waals surface area contributed by atoms with Crippen LogP contribution in [-0.2, 0) is 15.6 Å². The van der Waals surface area contributed by atoms with Crippen molar-refractivity contribution in [1.29, 1.82) is 0 Å². The first-order valence-electron chi connectivity index (χ1n) is 10.7. The van der Waals surface area contributed by atoms with Gasteiger partial charge in [0.25, 0.3) is 10.0 Å². The van der Waals surface area contributed by atoms with Crippen molar-refractivity contribution in [1.82, 2.24) is 9.62 Å². The highest BCUT2D eigenvalue weighted by molar-refractivity contribution is 7.91. The van der Waals surface area contributed by atoms with Gasteiger partial charge in [-0.15, -0.1) is 11.3 Å². The third-order valence-corrected chi connectivity index (χ3v) is 9.30. The Balaban J connectivity index is 1.87. The van der Waals surface area contributed by atoms with Gasteiger partial charge in [-0.25, -0.2) is 8.42 Å². The number of hydrogen-bond acceptors (Lipinski definition) is 7. The number of aliphatic hydroxyl groups excluding tert-OH is 1. The van der Waals surface area contributed by atoms with Crippen LogP contribution in [0.1, 0.15) is 26.3 Å². The molecule has 1 saturated heterocycles. The van der Waals surface area contributed by atoms with Gasteiger partial charge >= 0.3 is 6.18 Å². The van der Waals surface area contributed by atoms with Gasteiger partial charge in [-0.3, -0.25) is 0 Å². The van der Waals surface area contributed by atoms with E-state index >= 15 is 0 Å². The molecule has 2 atom stereocenters. The van der Waals surface area contributed by atoms with E-state index in [1.54, 1.807) is 17.5 Å². The molecule has 1 aromatic carbocycles. The molecular formula is C22H30F3N3O4S2. The number of anilines is 1. The normalized spacial score (nSPS) is 20.4. The van der Waals surface area contributed by atoms with E-state index in [0.29, 0.717) is 25.7 Å². The highest BCUT2D eigenvalue weighted by Gasteiger charge is 2.51. The predicted molar refractivity (Wildman–Crippen MR) is 125 cm³/mol. The number of nitrogens with zero attached hydrogens (tertiary/aromatic N) is 2. The molecule has 1 aliphatic heterocycles. The second kappa shape index (κ2) is 9.75. The average molecular weight is 522 g/mol. The zero-order chi connectivity index (χ0) is 25.4.